The molecule has 0 aliphatic heterocycles. The van der Waals surface area contributed by atoms with Gasteiger partial charge in [-0.1, -0.05) is 175 Å². The predicted molar refractivity (Wildman–Crippen MR) is 237 cm³/mol. The van der Waals surface area contributed by atoms with Crippen molar-refractivity contribution in [2.24, 2.45) is 11.8 Å². The third-order valence-electron chi connectivity index (χ3n) is 13.5. The highest BCUT2D eigenvalue weighted by Crippen LogP contribution is 2.40. The summed E-state index contributed by atoms with van der Waals surface area (Å²) in [5, 5.41) is 0. The minimum atomic E-state index is 0.731. The van der Waals surface area contributed by atoms with E-state index in [1.54, 1.807) is 11.1 Å². The van der Waals surface area contributed by atoms with Crippen LogP contribution in [0.15, 0.2) is 84.9 Å². The number of unbranched alkanes of at least 4 members (excludes halogenated alkanes) is 8. The molecule has 0 N–H and O–H groups in total. The van der Waals surface area contributed by atoms with Gasteiger partial charge in [0.15, 0.2) is 0 Å². The average Bonchev–Trinajstić information content (AvgIpc) is 3.21. The number of ether oxygens (including phenoxy) is 1. The molecule has 6 rings (SSSR count). The Morgan fingerprint density at radius 2 is 0.818 bits per heavy atom. The van der Waals surface area contributed by atoms with Gasteiger partial charge < -0.3 is 4.74 Å². The fourth-order valence-electron chi connectivity index (χ4n) is 9.91. The second-order valence-electron chi connectivity index (χ2n) is 18.0. The number of hydrogen-bond donors (Lipinski definition) is 0. The summed E-state index contributed by atoms with van der Waals surface area (Å²) in [6.45, 7) is 9.01. The Kier molecular flexibility index (Phi) is 16.4. The first-order chi connectivity index (χ1) is 27.0. The van der Waals surface area contributed by atoms with Gasteiger partial charge in [0.05, 0.1) is 0 Å². The summed E-state index contributed by atoms with van der Waals surface area (Å²) in [6.07, 6.45) is 29.9. The van der Waals surface area contributed by atoms with Crippen LogP contribution >= 0.6 is 0 Å². The molecule has 0 amide bonds. The predicted octanol–water partition coefficient (Wildman–Crippen LogP) is 16.5. The van der Waals surface area contributed by atoms with Crippen molar-refractivity contribution < 1.29 is 4.74 Å². The third kappa shape index (κ3) is 12.8. The molecule has 2 fully saturated rings. The van der Waals surface area contributed by atoms with Gasteiger partial charge >= 0.3 is 0 Å². The average molecular weight is 739 g/mol. The van der Waals surface area contributed by atoms with E-state index in [9.17, 15) is 0 Å². The van der Waals surface area contributed by atoms with Crippen LogP contribution in [0.3, 0.4) is 0 Å². The molecule has 2 saturated carbocycles. The monoisotopic (exact) mass is 739 g/mol. The summed E-state index contributed by atoms with van der Waals surface area (Å²) in [7, 11) is 0. The number of aryl methyl sites for hydroxylation is 2. The van der Waals surface area contributed by atoms with E-state index in [1.165, 1.54) is 162 Å². The molecule has 0 atom stereocenters. The highest BCUT2D eigenvalue weighted by atomic mass is 16.5. The molecule has 0 bridgehead atoms. The molecular formula is C54H74O. The molecule has 296 valence electrons. The Morgan fingerprint density at radius 3 is 1.20 bits per heavy atom. The minimum absolute atomic E-state index is 0.731. The van der Waals surface area contributed by atoms with Crippen LogP contribution in [-0.4, -0.2) is 0 Å². The Morgan fingerprint density at radius 1 is 0.436 bits per heavy atom. The molecule has 4 aromatic carbocycles. The van der Waals surface area contributed by atoms with Gasteiger partial charge in [0.2, 0.25) is 0 Å². The summed E-state index contributed by atoms with van der Waals surface area (Å²) in [5.41, 5.74) is 10.9. The molecular weight excluding hydrogens is 665 g/mol. The Labute approximate surface area is 337 Å². The van der Waals surface area contributed by atoms with Crippen molar-refractivity contribution in [3.05, 3.63) is 129 Å². The Bertz CT molecular complexity index is 1550. The van der Waals surface area contributed by atoms with Gasteiger partial charge in [0, 0.05) is 12.8 Å². The standard InChI is InChI=1S/C54H74O/c1-5-7-9-11-13-15-43-19-27-47(28-20-43)49-31-23-45(24-32-49)39-51-37-41(3)17-35-53(51)55-54-36-18-42(4)38-52(54)40-46-25-33-50(34-26-46)48-29-21-44(22-30-48)16-14-12-10-8-6-2/h17-18,23-26,31-38,43-44,47-48H,5-16,19-22,27-30,39-40H2,1-4H3. The number of rotatable bonds is 20. The van der Waals surface area contributed by atoms with Gasteiger partial charge in [-0.2, -0.15) is 0 Å². The lowest BCUT2D eigenvalue weighted by molar-refractivity contribution is 0.302. The zero-order valence-electron chi connectivity index (χ0n) is 35.4. The smallest absolute Gasteiger partial charge is 0.130 e. The van der Waals surface area contributed by atoms with Gasteiger partial charge in [-0.15, -0.1) is 0 Å². The lowest BCUT2D eigenvalue weighted by Gasteiger charge is -2.29. The zero-order valence-corrected chi connectivity index (χ0v) is 35.4. The summed E-state index contributed by atoms with van der Waals surface area (Å²) >= 11 is 0. The van der Waals surface area contributed by atoms with Crippen molar-refractivity contribution in [3.63, 3.8) is 0 Å². The van der Waals surface area contributed by atoms with Crippen molar-refractivity contribution in [1.82, 2.24) is 0 Å². The zero-order chi connectivity index (χ0) is 38.2. The molecule has 1 nitrogen and oxygen atoms in total. The highest BCUT2D eigenvalue weighted by Gasteiger charge is 2.23. The molecule has 1 heteroatoms. The molecule has 4 aromatic rings. The maximum absolute atomic E-state index is 6.85. The van der Waals surface area contributed by atoms with Gasteiger partial charge in [-0.25, -0.2) is 0 Å². The normalized spacial score (nSPS) is 20.1. The van der Waals surface area contributed by atoms with Crippen molar-refractivity contribution in [2.75, 3.05) is 0 Å². The SMILES string of the molecule is CCCCCCCC1CCC(c2ccc(Cc3cc(C)ccc3Oc3ccc(C)cc3Cc3ccc(C4CCC(CCCCCCC)CC4)cc3)cc2)CC1. The second-order valence-corrected chi connectivity index (χ2v) is 18.0. The Hall–Kier alpha value is -3.32. The van der Waals surface area contributed by atoms with E-state index in [2.05, 4.69) is 113 Å². The van der Waals surface area contributed by atoms with Crippen LogP contribution in [0.5, 0.6) is 11.5 Å². The largest absolute Gasteiger partial charge is 0.457 e. The van der Waals surface area contributed by atoms with E-state index < -0.39 is 0 Å². The fraction of sp³-hybridized carbons (Fsp3) is 0.556. The van der Waals surface area contributed by atoms with Gasteiger partial charge in [-0.3, -0.25) is 0 Å². The Balaban J connectivity index is 1.03. The fourth-order valence-corrected chi connectivity index (χ4v) is 9.91. The topological polar surface area (TPSA) is 9.23 Å². The lowest BCUT2D eigenvalue weighted by atomic mass is 9.77. The van der Waals surface area contributed by atoms with E-state index in [1.807, 2.05) is 0 Å². The molecule has 0 spiro atoms. The van der Waals surface area contributed by atoms with Crippen LogP contribution in [0, 0.1) is 25.7 Å². The molecule has 0 saturated heterocycles. The van der Waals surface area contributed by atoms with Gasteiger partial charge in [-0.05, 0) is 134 Å². The molecule has 0 aromatic heterocycles. The lowest BCUT2D eigenvalue weighted by Crippen LogP contribution is -2.13. The van der Waals surface area contributed by atoms with Crippen molar-refractivity contribution >= 4 is 0 Å². The van der Waals surface area contributed by atoms with E-state index >= 15 is 0 Å². The molecule has 0 unspecified atom stereocenters. The van der Waals surface area contributed by atoms with E-state index in [4.69, 9.17) is 4.74 Å². The highest BCUT2D eigenvalue weighted by molar-refractivity contribution is 5.47. The maximum atomic E-state index is 6.85. The van der Waals surface area contributed by atoms with Gasteiger partial charge in [0.1, 0.15) is 11.5 Å². The van der Waals surface area contributed by atoms with Crippen LogP contribution < -0.4 is 4.74 Å². The van der Waals surface area contributed by atoms with Crippen LogP contribution in [0.4, 0.5) is 0 Å². The first-order valence-electron chi connectivity index (χ1n) is 23.0. The number of benzene rings is 4. The summed E-state index contributed by atoms with van der Waals surface area (Å²) in [4.78, 5) is 0. The molecule has 0 heterocycles. The van der Waals surface area contributed by atoms with E-state index in [0.717, 1.165) is 48.0 Å². The maximum Gasteiger partial charge on any atom is 0.130 e. The first kappa shape index (κ1) is 41.3. The quantitative estimate of drug-likeness (QED) is 0.0821. The van der Waals surface area contributed by atoms with Crippen molar-refractivity contribution in [2.45, 2.75) is 181 Å². The first-order valence-corrected chi connectivity index (χ1v) is 23.0. The summed E-state index contributed by atoms with van der Waals surface area (Å²) in [5.74, 6) is 5.32. The molecule has 2 aliphatic carbocycles. The summed E-state index contributed by atoms with van der Waals surface area (Å²) in [6, 6.07) is 32.6. The summed E-state index contributed by atoms with van der Waals surface area (Å²) < 4.78 is 6.85. The van der Waals surface area contributed by atoms with E-state index in [0.29, 0.717) is 0 Å². The van der Waals surface area contributed by atoms with Crippen molar-refractivity contribution in [1.29, 1.82) is 0 Å². The van der Waals surface area contributed by atoms with Crippen LogP contribution in [0.25, 0.3) is 0 Å². The minimum Gasteiger partial charge on any atom is -0.457 e. The van der Waals surface area contributed by atoms with Gasteiger partial charge in [0.25, 0.3) is 0 Å². The number of hydrogen-bond acceptors (Lipinski definition) is 1. The molecule has 2 aliphatic rings. The second kappa shape index (κ2) is 21.8. The van der Waals surface area contributed by atoms with Crippen molar-refractivity contribution in [3.8, 4) is 11.5 Å². The third-order valence-corrected chi connectivity index (χ3v) is 13.5. The molecule has 0 radical (unpaired) electrons. The van der Waals surface area contributed by atoms with E-state index in [-0.39, 0.29) is 0 Å². The van der Waals surface area contributed by atoms with Crippen LogP contribution in [-0.2, 0) is 12.8 Å². The van der Waals surface area contributed by atoms with Crippen LogP contribution in [0.2, 0.25) is 0 Å². The molecule has 55 heavy (non-hydrogen) atoms. The van der Waals surface area contributed by atoms with Crippen LogP contribution in [0.1, 0.15) is 199 Å².